The van der Waals surface area contributed by atoms with E-state index in [1.54, 1.807) is 13.2 Å². The summed E-state index contributed by atoms with van der Waals surface area (Å²) in [5, 5.41) is 7.40. The van der Waals surface area contributed by atoms with Crippen LogP contribution in [0.25, 0.3) is 39.1 Å². The van der Waals surface area contributed by atoms with Gasteiger partial charge in [-0.1, -0.05) is 29.8 Å². The Bertz CT molecular complexity index is 1400. The number of methoxy groups -OCH3 is 1. The number of ether oxygens (including phenoxy) is 1. The maximum absolute atomic E-state index is 11.1. The number of fused-ring (bicyclic) bond motifs is 2. The number of nitrogens with one attached hydrogen (secondary N) is 1. The van der Waals surface area contributed by atoms with Gasteiger partial charge in [0.15, 0.2) is 5.65 Å². The number of halogens is 2. The summed E-state index contributed by atoms with van der Waals surface area (Å²) < 4.78 is 10.2. The second-order valence-corrected chi connectivity index (χ2v) is 9.24. The minimum atomic E-state index is -0.519. The van der Waals surface area contributed by atoms with Gasteiger partial charge >= 0.3 is 0 Å². The Labute approximate surface area is 204 Å². The molecule has 1 aliphatic rings. The molecule has 1 saturated heterocycles. The summed E-state index contributed by atoms with van der Waals surface area (Å²) in [5.41, 5.74) is 3.05. The third kappa shape index (κ3) is 4.42. The standard InChI is InChI=1S/C24H20Cl2N4O2S/c1-32-16-11-15-10-14(3-5-21(26)31)2-4-17(15)18(12-16)22-20(25)13-19-23(28-22)29-33-24(19)30-8-6-27-7-9-30/h2-5,10-13,27H,6-9H2,1H3/b5-3-. The molecule has 0 radical (unpaired) electrons. The summed E-state index contributed by atoms with van der Waals surface area (Å²) in [6.07, 6.45) is 3.01. The van der Waals surface area contributed by atoms with E-state index in [9.17, 15) is 4.79 Å². The molecule has 0 saturated carbocycles. The average molecular weight is 499 g/mol. The molecule has 6 nitrogen and oxygen atoms in total. The van der Waals surface area contributed by atoms with Gasteiger partial charge in [0.05, 0.1) is 23.2 Å². The predicted octanol–water partition coefficient (Wildman–Crippen LogP) is 5.36. The van der Waals surface area contributed by atoms with Crippen molar-refractivity contribution in [1.82, 2.24) is 14.7 Å². The number of rotatable bonds is 5. The molecule has 0 spiro atoms. The van der Waals surface area contributed by atoms with Crippen LogP contribution >= 0.6 is 34.7 Å². The van der Waals surface area contributed by atoms with Crippen molar-refractivity contribution in [2.24, 2.45) is 0 Å². The van der Waals surface area contributed by atoms with Crippen molar-refractivity contribution in [2.45, 2.75) is 0 Å². The minimum absolute atomic E-state index is 0.519. The van der Waals surface area contributed by atoms with Gasteiger partial charge in [-0.2, -0.15) is 4.37 Å². The van der Waals surface area contributed by atoms with Crippen LogP contribution in [0, 0.1) is 0 Å². The number of anilines is 1. The van der Waals surface area contributed by atoms with E-state index < -0.39 is 5.24 Å². The first kappa shape index (κ1) is 22.1. The molecular weight excluding hydrogens is 479 g/mol. The molecule has 0 unspecified atom stereocenters. The van der Waals surface area contributed by atoms with E-state index in [0.717, 1.165) is 58.5 Å². The molecule has 168 valence electrons. The lowest BCUT2D eigenvalue weighted by Crippen LogP contribution is -2.43. The van der Waals surface area contributed by atoms with Crippen LogP contribution in [0.4, 0.5) is 5.00 Å². The third-order valence-electron chi connectivity index (χ3n) is 5.66. The van der Waals surface area contributed by atoms with Gasteiger partial charge < -0.3 is 15.0 Å². The molecule has 0 bridgehead atoms. The van der Waals surface area contributed by atoms with Crippen LogP contribution in [0.3, 0.4) is 0 Å². The molecular formula is C24H20Cl2N4O2S. The maximum Gasteiger partial charge on any atom is 0.245 e. The molecule has 33 heavy (non-hydrogen) atoms. The maximum atomic E-state index is 11.1. The van der Waals surface area contributed by atoms with Crippen LogP contribution in [-0.2, 0) is 4.79 Å². The van der Waals surface area contributed by atoms with Crippen molar-refractivity contribution >= 4 is 72.9 Å². The highest BCUT2D eigenvalue weighted by Gasteiger charge is 2.20. The number of hydrogen-bond donors (Lipinski definition) is 1. The molecule has 0 aliphatic carbocycles. The number of nitrogens with zero attached hydrogens (tertiary/aromatic N) is 3. The zero-order valence-corrected chi connectivity index (χ0v) is 20.1. The number of benzene rings is 2. The van der Waals surface area contributed by atoms with Crippen LogP contribution in [0.1, 0.15) is 5.56 Å². The second kappa shape index (κ2) is 9.27. The first-order valence-electron chi connectivity index (χ1n) is 10.4. The Morgan fingerprint density at radius 1 is 1.18 bits per heavy atom. The smallest absolute Gasteiger partial charge is 0.245 e. The predicted molar refractivity (Wildman–Crippen MR) is 137 cm³/mol. The van der Waals surface area contributed by atoms with Gasteiger partial charge in [-0.25, -0.2) is 4.98 Å². The lowest BCUT2D eigenvalue weighted by molar-refractivity contribution is -0.107. The Hall–Kier alpha value is -2.71. The van der Waals surface area contributed by atoms with E-state index in [1.807, 2.05) is 36.4 Å². The normalized spacial score (nSPS) is 14.5. The van der Waals surface area contributed by atoms with Gasteiger partial charge in [0, 0.05) is 31.7 Å². The molecule has 1 fully saturated rings. The largest absolute Gasteiger partial charge is 0.497 e. The molecule has 5 rings (SSSR count). The number of aromatic nitrogens is 2. The molecule has 0 amide bonds. The Balaban J connectivity index is 1.63. The number of carbonyl (C=O) groups excluding carboxylic acids is 1. The summed E-state index contributed by atoms with van der Waals surface area (Å²) in [5.74, 6) is 0.685. The van der Waals surface area contributed by atoms with E-state index in [2.05, 4.69) is 14.6 Å². The number of carbonyl (C=O) groups is 1. The van der Waals surface area contributed by atoms with Crippen LogP contribution in [0.5, 0.6) is 5.75 Å². The van der Waals surface area contributed by atoms with Crippen LogP contribution in [0.2, 0.25) is 5.02 Å². The lowest BCUT2D eigenvalue weighted by Gasteiger charge is -2.27. The molecule has 9 heteroatoms. The van der Waals surface area contributed by atoms with E-state index in [1.165, 1.54) is 17.6 Å². The molecule has 2 aromatic carbocycles. The van der Waals surface area contributed by atoms with Crippen molar-refractivity contribution in [3.63, 3.8) is 0 Å². The number of allylic oxidation sites excluding steroid dienone is 1. The third-order valence-corrected chi connectivity index (χ3v) is 6.99. The van der Waals surface area contributed by atoms with E-state index >= 15 is 0 Å². The number of hydrogen-bond acceptors (Lipinski definition) is 7. The fraction of sp³-hybridized carbons (Fsp3) is 0.208. The quantitative estimate of drug-likeness (QED) is 0.295. The minimum Gasteiger partial charge on any atom is -0.497 e. The Morgan fingerprint density at radius 3 is 2.76 bits per heavy atom. The van der Waals surface area contributed by atoms with Gasteiger partial charge in [0.25, 0.3) is 0 Å². The molecule has 4 aromatic rings. The van der Waals surface area contributed by atoms with Crippen molar-refractivity contribution in [3.05, 3.63) is 53.1 Å². The van der Waals surface area contributed by atoms with Gasteiger partial charge in [-0.15, -0.1) is 0 Å². The van der Waals surface area contributed by atoms with E-state index in [0.29, 0.717) is 22.1 Å². The second-order valence-electron chi connectivity index (χ2n) is 7.71. The molecule has 2 aromatic heterocycles. The van der Waals surface area contributed by atoms with Gasteiger partial charge in [0.2, 0.25) is 5.24 Å². The molecule has 1 aliphatic heterocycles. The SMILES string of the molecule is COc1cc(-c2nc3nsc(N4CCNCC4)c3cc2Cl)c2ccc(/C=C\C(=O)Cl)cc2c1. The van der Waals surface area contributed by atoms with Crippen molar-refractivity contribution in [3.8, 4) is 17.0 Å². The molecule has 1 N–H and O–H groups in total. The van der Waals surface area contributed by atoms with Crippen molar-refractivity contribution in [2.75, 3.05) is 38.2 Å². The van der Waals surface area contributed by atoms with Crippen LogP contribution in [0.15, 0.2) is 42.5 Å². The van der Waals surface area contributed by atoms with Gasteiger partial charge in [-0.05, 0) is 69.8 Å². The van der Waals surface area contributed by atoms with Crippen molar-refractivity contribution in [1.29, 1.82) is 0 Å². The van der Waals surface area contributed by atoms with E-state index in [-0.39, 0.29) is 0 Å². The first-order chi connectivity index (χ1) is 16.0. The molecule has 0 atom stereocenters. The first-order valence-corrected chi connectivity index (χ1v) is 12.0. The van der Waals surface area contributed by atoms with Crippen LogP contribution in [-0.4, -0.2) is 47.9 Å². The number of piperazine rings is 1. The summed E-state index contributed by atoms with van der Waals surface area (Å²) in [4.78, 5) is 18.3. The zero-order chi connectivity index (χ0) is 22.9. The Kier molecular flexibility index (Phi) is 6.21. The monoisotopic (exact) mass is 498 g/mol. The highest BCUT2D eigenvalue weighted by Crippen LogP contribution is 2.40. The highest BCUT2D eigenvalue weighted by atomic mass is 35.5. The van der Waals surface area contributed by atoms with Gasteiger partial charge in [-0.3, -0.25) is 4.79 Å². The summed E-state index contributed by atoms with van der Waals surface area (Å²) in [6, 6.07) is 11.7. The Morgan fingerprint density at radius 2 is 2.00 bits per heavy atom. The van der Waals surface area contributed by atoms with E-state index in [4.69, 9.17) is 32.9 Å². The highest BCUT2D eigenvalue weighted by molar-refractivity contribution is 7.11. The van der Waals surface area contributed by atoms with Crippen molar-refractivity contribution < 1.29 is 9.53 Å². The van der Waals surface area contributed by atoms with Gasteiger partial charge in [0.1, 0.15) is 10.8 Å². The lowest BCUT2D eigenvalue weighted by atomic mass is 9.98. The molecule has 3 heterocycles. The summed E-state index contributed by atoms with van der Waals surface area (Å²) in [7, 11) is 1.62. The average Bonchev–Trinajstić information content (AvgIpc) is 3.24. The number of pyridine rings is 1. The van der Waals surface area contributed by atoms with Crippen LogP contribution < -0.4 is 15.0 Å². The zero-order valence-electron chi connectivity index (χ0n) is 17.8. The topological polar surface area (TPSA) is 67.4 Å². The fourth-order valence-electron chi connectivity index (χ4n) is 4.07. The fourth-order valence-corrected chi connectivity index (χ4v) is 5.24. The summed E-state index contributed by atoms with van der Waals surface area (Å²) in [6.45, 7) is 3.77. The summed E-state index contributed by atoms with van der Waals surface area (Å²) >= 11 is 13.7.